The van der Waals surface area contributed by atoms with E-state index in [-0.39, 0.29) is 31.3 Å². The summed E-state index contributed by atoms with van der Waals surface area (Å²) < 4.78 is 37.6. The summed E-state index contributed by atoms with van der Waals surface area (Å²) in [5.41, 5.74) is 0. The van der Waals surface area contributed by atoms with Crippen LogP contribution in [0, 0.1) is 11.8 Å². The fourth-order valence-electron chi connectivity index (χ4n) is 2.61. The molecule has 1 aliphatic rings. The molecular weight excluding hydrogens is 259 g/mol. The average Bonchev–Trinajstić information content (AvgIpc) is 2.38. The van der Waals surface area contributed by atoms with E-state index >= 15 is 0 Å². The van der Waals surface area contributed by atoms with Crippen molar-refractivity contribution in [2.75, 3.05) is 19.7 Å². The number of nitrogens with zero attached hydrogens (tertiary/aromatic N) is 1. The first-order valence-corrected chi connectivity index (χ1v) is 6.86. The second-order valence-corrected chi connectivity index (χ2v) is 5.09. The number of hydrogen-bond acceptors (Lipinski definition) is 2. The van der Waals surface area contributed by atoms with Crippen LogP contribution in [0.2, 0.25) is 0 Å². The third kappa shape index (κ3) is 4.67. The van der Waals surface area contributed by atoms with Crippen LogP contribution in [0.3, 0.4) is 0 Å². The van der Waals surface area contributed by atoms with Gasteiger partial charge < -0.3 is 10.0 Å². The Bertz CT molecular complexity index is 286. The van der Waals surface area contributed by atoms with E-state index in [4.69, 9.17) is 5.11 Å². The zero-order valence-electron chi connectivity index (χ0n) is 11.2. The Morgan fingerprint density at radius 1 is 1.26 bits per heavy atom. The molecule has 1 N–H and O–H groups in total. The highest BCUT2D eigenvalue weighted by Gasteiger charge is 2.42. The van der Waals surface area contributed by atoms with Crippen molar-refractivity contribution >= 4 is 5.91 Å². The number of aliphatic hydroxyl groups excluding tert-OH is 1. The van der Waals surface area contributed by atoms with E-state index < -0.39 is 12.1 Å². The van der Waals surface area contributed by atoms with E-state index in [1.54, 1.807) is 4.90 Å². The van der Waals surface area contributed by atoms with Crippen molar-refractivity contribution in [2.45, 2.75) is 45.2 Å². The number of alkyl halides is 3. The van der Waals surface area contributed by atoms with E-state index in [2.05, 4.69) is 0 Å². The second-order valence-electron chi connectivity index (χ2n) is 5.09. The van der Waals surface area contributed by atoms with Gasteiger partial charge in [0.25, 0.3) is 0 Å². The molecule has 1 saturated carbocycles. The van der Waals surface area contributed by atoms with Gasteiger partial charge in [0, 0.05) is 25.6 Å². The lowest BCUT2D eigenvalue weighted by Gasteiger charge is -2.32. The molecule has 0 saturated heterocycles. The number of halogens is 3. The minimum Gasteiger partial charge on any atom is -0.396 e. The van der Waals surface area contributed by atoms with Crippen LogP contribution in [0.5, 0.6) is 0 Å². The van der Waals surface area contributed by atoms with E-state index in [9.17, 15) is 18.0 Å². The van der Waals surface area contributed by atoms with Crippen molar-refractivity contribution < 1.29 is 23.1 Å². The molecule has 0 spiro atoms. The molecule has 0 bridgehead atoms. The largest absolute Gasteiger partial charge is 0.396 e. The second kappa shape index (κ2) is 7.12. The highest BCUT2D eigenvalue weighted by molar-refractivity contribution is 5.78. The van der Waals surface area contributed by atoms with E-state index in [0.29, 0.717) is 32.4 Å². The van der Waals surface area contributed by atoms with Crippen molar-refractivity contribution in [1.29, 1.82) is 0 Å². The number of carbonyl (C=O) groups is 1. The van der Waals surface area contributed by atoms with Crippen LogP contribution in [0.15, 0.2) is 0 Å². The Balaban J connectivity index is 2.47. The van der Waals surface area contributed by atoms with Gasteiger partial charge >= 0.3 is 6.18 Å². The molecule has 0 radical (unpaired) electrons. The lowest BCUT2D eigenvalue weighted by molar-refractivity contribution is -0.185. The highest BCUT2D eigenvalue weighted by Crippen LogP contribution is 2.39. The maximum Gasteiger partial charge on any atom is 0.391 e. The van der Waals surface area contributed by atoms with Crippen LogP contribution < -0.4 is 0 Å². The standard InChI is InChI=1S/C13H22F3NO2/c1-2-17(8-3-9-18)12(19)10-4-6-11(7-5-10)13(14,15)16/h10-11,18H,2-9H2,1H3. The zero-order chi connectivity index (χ0) is 14.5. The van der Waals surface area contributed by atoms with Crippen molar-refractivity contribution in [1.82, 2.24) is 4.90 Å². The SMILES string of the molecule is CCN(CCCO)C(=O)C1CCC(C(F)(F)F)CC1. The summed E-state index contributed by atoms with van der Waals surface area (Å²) in [6.07, 6.45) is -2.88. The molecule has 6 heteroatoms. The molecule has 0 aromatic rings. The van der Waals surface area contributed by atoms with E-state index in [1.807, 2.05) is 6.92 Å². The van der Waals surface area contributed by atoms with Gasteiger partial charge in [-0.05, 0) is 39.0 Å². The molecule has 3 nitrogen and oxygen atoms in total. The third-order valence-electron chi connectivity index (χ3n) is 3.82. The maximum atomic E-state index is 12.5. The van der Waals surface area contributed by atoms with Crippen molar-refractivity contribution in [2.24, 2.45) is 11.8 Å². The van der Waals surface area contributed by atoms with Crippen LogP contribution >= 0.6 is 0 Å². The van der Waals surface area contributed by atoms with E-state index in [0.717, 1.165) is 0 Å². The number of rotatable bonds is 5. The van der Waals surface area contributed by atoms with Gasteiger partial charge in [-0.3, -0.25) is 4.79 Å². The van der Waals surface area contributed by atoms with Crippen molar-refractivity contribution in [3.63, 3.8) is 0 Å². The smallest absolute Gasteiger partial charge is 0.391 e. The number of amides is 1. The molecular formula is C13H22F3NO2. The molecule has 0 unspecified atom stereocenters. The summed E-state index contributed by atoms with van der Waals surface area (Å²) in [5, 5.41) is 8.76. The first-order valence-electron chi connectivity index (χ1n) is 6.86. The molecule has 0 aromatic heterocycles. The van der Waals surface area contributed by atoms with Gasteiger partial charge in [0.15, 0.2) is 0 Å². The number of carbonyl (C=O) groups excluding carboxylic acids is 1. The molecule has 19 heavy (non-hydrogen) atoms. The van der Waals surface area contributed by atoms with Gasteiger partial charge in [0.05, 0.1) is 5.92 Å². The van der Waals surface area contributed by atoms with Gasteiger partial charge in [0.1, 0.15) is 0 Å². The first-order chi connectivity index (χ1) is 8.90. The Morgan fingerprint density at radius 2 is 1.84 bits per heavy atom. The lowest BCUT2D eigenvalue weighted by Crippen LogP contribution is -2.39. The normalized spacial score (nSPS) is 24.3. The molecule has 1 rings (SSSR count). The van der Waals surface area contributed by atoms with Crippen LogP contribution in [0.1, 0.15) is 39.0 Å². The first kappa shape index (κ1) is 16.3. The highest BCUT2D eigenvalue weighted by atomic mass is 19.4. The third-order valence-corrected chi connectivity index (χ3v) is 3.82. The Labute approximate surface area is 111 Å². The lowest BCUT2D eigenvalue weighted by atomic mass is 9.81. The van der Waals surface area contributed by atoms with Crippen LogP contribution in [-0.2, 0) is 4.79 Å². The van der Waals surface area contributed by atoms with Gasteiger partial charge in [-0.25, -0.2) is 0 Å². The van der Waals surface area contributed by atoms with Crippen molar-refractivity contribution in [3.8, 4) is 0 Å². The van der Waals surface area contributed by atoms with E-state index in [1.165, 1.54) is 0 Å². The average molecular weight is 281 g/mol. The zero-order valence-corrected chi connectivity index (χ0v) is 11.2. The summed E-state index contributed by atoms with van der Waals surface area (Å²) in [6, 6.07) is 0. The Kier molecular flexibility index (Phi) is 6.10. The van der Waals surface area contributed by atoms with Gasteiger partial charge in [-0.2, -0.15) is 13.2 Å². The summed E-state index contributed by atoms with van der Waals surface area (Å²) >= 11 is 0. The monoisotopic (exact) mass is 281 g/mol. The molecule has 1 fully saturated rings. The molecule has 1 aliphatic carbocycles. The van der Waals surface area contributed by atoms with Gasteiger partial charge in [-0.1, -0.05) is 0 Å². The quantitative estimate of drug-likeness (QED) is 0.841. The van der Waals surface area contributed by atoms with Crippen molar-refractivity contribution in [3.05, 3.63) is 0 Å². The van der Waals surface area contributed by atoms with Crippen LogP contribution in [0.4, 0.5) is 13.2 Å². The molecule has 0 aromatic carbocycles. The summed E-state index contributed by atoms with van der Waals surface area (Å²) in [4.78, 5) is 13.8. The molecule has 112 valence electrons. The molecule has 0 heterocycles. The van der Waals surface area contributed by atoms with Crippen LogP contribution in [-0.4, -0.2) is 41.8 Å². The van der Waals surface area contributed by atoms with Crippen LogP contribution in [0.25, 0.3) is 0 Å². The Morgan fingerprint density at radius 3 is 2.26 bits per heavy atom. The minimum atomic E-state index is -4.13. The maximum absolute atomic E-state index is 12.5. The fourth-order valence-corrected chi connectivity index (χ4v) is 2.61. The molecule has 0 atom stereocenters. The minimum absolute atomic E-state index is 0.0184. The predicted molar refractivity (Wildman–Crippen MR) is 65.5 cm³/mol. The number of aliphatic hydroxyl groups is 1. The fraction of sp³-hybridized carbons (Fsp3) is 0.923. The Hall–Kier alpha value is -0.780. The van der Waals surface area contributed by atoms with Gasteiger partial charge in [-0.15, -0.1) is 0 Å². The predicted octanol–water partition coefficient (Wildman–Crippen LogP) is 2.59. The molecule has 1 amide bonds. The summed E-state index contributed by atoms with van der Waals surface area (Å²) in [7, 11) is 0. The summed E-state index contributed by atoms with van der Waals surface area (Å²) in [5.74, 6) is -1.59. The summed E-state index contributed by atoms with van der Waals surface area (Å²) in [6.45, 7) is 2.88. The molecule has 0 aliphatic heterocycles. The van der Waals surface area contributed by atoms with Gasteiger partial charge in [0.2, 0.25) is 5.91 Å². The number of hydrogen-bond donors (Lipinski definition) is 1. The topological polar surface area (TPSA) is 40.5 Å².